The number of ether oxygens (including phenoxy) is 1. The number of rotatable bonds is 6. The normalized spacial score (nSPS) is 11.5. The number of hydrogen-bond donors (Lipinski definition) is 1. The third-order valence-electron chi connectivity index (χ3n) is 4.13. The van der Waals surface area contributed by atoms with Crippen molar-refractivity contribution in [1.82, 2.24) is 9.97 Å². The van der Waals surface area contributed by atoms with Crippen LogP contribution in [0.4, 0.5) is 5.69 Å². The minimum absolute atomic E-state index is 0.0294. The van der Waals surface area contributed by atoms with Gasteiger partial charge in [0.05, 0.1) is 23.0 Å². The first-order chi connectivity index (χ1) is 14.4. The zero-order valence-corrected chi connectivity index (χ0v) is 19.0. The Kier molecular flexibility index (Phi) is 5.78. The summed E-state index contributed by atoms with van der Waals surface area (Å²) < 4.78 is 34.2. The fraction of sp³-hybridized carbons (Fsp3) is 0.105. The van der Waals surface area contributed by atoms with Gasteiger partial charge in [-0.3, -0.25) is 4.72 Å². The molecule has 0 spiro atoms. The van der Waals surface area contributed by atoms with Crippen LogP contribution in [0, 0.1) is 6.92 Å². The molecule has 11 heteroatoms. The maximum absolute atomic E-state index is 13.0. The molecule has 0 unspecified atom stereocenters. The molecule has 0 aliphatic heterocycles. The van der Waals surface area contributed by atoms with E-state index in [1.54, 1.807) is 23.5 Å². The summed E-state index contributed by atoms with van der Waals surface area (Å²) in [4.78, 5) is 21.2. The van der Waals surface area contributed by atoms with Gasteiger partial charge in [-0.25, -0.2) is 23.2 Å². The molecule has 0 fully saturated rings. The summed E-state index contributed by atoms with van der Waals surface area (Å²) in [5.74, 6) is -0.690. The van der Waals surface area contributed by atoms with Gasteiger partial charge in [0.15, 0.2) is 0 Å². The number of anilines is 1. The number of methoxy groups -OCH3 is 1. The van der Waals surface area contributed by atoms with Gasteiger partial charge in [-0.05, 0) is 41.4 Å². The number of aromatic nitrogens is 2. The Morgan fingerprint density at radius 1 is 1.17 bits per heavy atom. The third-order valence-corrected chi connectivity index (χ3v) is 8.86. The summed E-state index contributed by atoms with van der Waals surface area (Å²) in [5, 5.41) is 4.30. The molecule has 0 saturated heterocycles. The first-order valence-corrected chi connectivity index (χ1v) is 12.6. The van der Waals surface area contributed by atoms with Gasteiger partial charge in [-0.1, -0.05) is 23.9 Å². The summed E-state index contributed by atoms with van der Waals surface area (Å²) >= 11 is 3.92. The molecule has 7 nitrogen and oxygen atoms in total. The highest BCUT2D eigenvalue weighted by Crippen LogP contribution is 2.39. The largest absolute Gasteiger partial charge is 0.465 e. The van der Waals surface area contributed by atoms with E-state index in [0.717, 1.165) is 32.1 Å². The number of nitrogens with one attached hydrogen (secondary N) is 1. The maximum atomic E-state index is 13.0. The van der Waals surface area contributed by atoms with Crippen LogP contribution in [0.15, 0.2) is 62.2 Å². The van der Waals surface area contributed by atoms with Crippen LogP contribution >= 0.6 is 34.4 Å². The molecule has 1 aromatic carbocycles. The number of esters is 1. The van der Waals surface area contributed by atoms with E-state index in [9.17, 15) is 13.2 Å². The molecule has 0 amide bonds. The van der Waals surface area contributed by atoms with Crippen molar-refractivity contribution in [2.24, 2.45) is 0 Å². The van der Waals surface area contributed by atoms with E-state index in [2.05, 4.69) is 19.4 Å². The SMILES string of the molecule is COC(=O)c1sccc1S(=O)(=O)Nc1ccccc1Sc1ncnc2c(C)csc12. The van der Waals surface area contributed by atoms with Crippen LogP contribution in [-0.2, 0) is 14.8 Å². The van der Waals surface area contributed by atoms with Crippen LogP contribution in [0.5, 0.6) is 0 Å². The highest BCUT2D eigenvalue weighted by Gasteiger charge is 2.25. The third kappa shape index (κ3) is 3.93. The maximum Gasteiger partial charge on any atom is 0.349 e. The minimum atomic E-state index is -3.99. The van der Waals surface area contributed by atoms with Crippen molar-refractivity contribution in [3.63, 3.8) is 0 Å². The van der Waals surface area contributed by atoms with Crippen molar-refractivity contribution in [2.45, 2.75) is 21.7 Å². The summed E-state index contributed by atoms with van der Waals surface area (Å²) in [6, 6.07) is 8.43. The zero-order chi connectivity index (χ0) is 21.3. The number of carbonyl (C=O) groups excluding carboxylic acids is 1. The number of aryl methyl sites for hydroxylation is 1. The molecular formula is C19H15N3O4S4. The van der Waals surface area contributed by atoms with Gasteiger partial charge >= 0.3 is 5.97 Å². The lowest BCUT2D eigenvalue weighted by atomic mass is 10.3. The topological polar surface area (TPSA) is 98.2 Å². The number of hydrogen-bond acceptors (Lipinski definition) is 9. The Morgan fingerprint density at radius 2 is 1.97 bits per heavy atom. The van der Waals surface area contributed by atoms with E-state index in [1.165, 1.54) is 36.6 Å². The van der Waals surface area contributed by atoms with Crippen LogP contribution < -0.4 is 4.72 Å². The lowest BCUT2D eigenvalue weighted by molar-refractivity contribution is 0.0602. The Labute approximate surface area is 185 Å². The van der Waals surface area contributed by atoms with Gasteiger partial charge < -0.3 is 4.74 Å². The second kappa shape index (κ2) is 8.34. The molecule has 1 N–H and O–H groups in total. The average molecular weight is 478 g/mol. The quantitative estimate of drug-likeness (QED) is 0.315. The summed E-state index contributed by atoms with van der Waals surface area (Å²) in [5.41, 5.74) is 2.35. The molecule has 30 heavy (non-hydrogen) atoms. The number of carbonyl (C=O) groups is 1. The van der Waals surface area contributed by atoms with E-state index in [0.29, 0.717) is 10.6 Å². The van der Waals surface area contributed by atoms with Crippen molar-refractivity contribution in [1.29, 1.82) is 0 Å². The summed E-state index contributed by atoms with van der Waals surface area (Å²) in [6.07, 6.45) is 1.51. The first-order valence-electron chi connectivity index (χ1n) is 8.55. The molecule has 3 heterocycles. The van der Waals surface area contributed by atoms with Crippen LogP contribution in [0.3, 0.4) is 0 Å². The van der Waals surface area contributed by atoms with Crippen molar-refractivity contribution in [3.8, 4) is 0 Å². The van der Waals surface area contributed by atoms with E-state index in [4.69, 9.17) is 0 Å². The van der Waals surface area contributed by atoms with Crippen LogP contribution in [0.25, 0.3) is 10.2 Å². The van der Waals surface area contributed by atoms with E-state index >= 15 is 0 Å². The van der Waals surface area contributed by atoms with Gasteiger partial charge in [-0.2, -0.15) is 0 Å². The van der Waals surface area contributed by atoms with E-state index < -0.39 is 16.0 Å². The number of sulfonamides is 1. The Hall–Kier alpha value is -2.47. The van der Waals surface area contributed by atoms with E-state index in [1.807, 2.05) is 24.4 Å². The van der Waals surface area contributed by atoms with Crippen molar-refractivity contribution < 1.29 is 17.9 Å². The van der Waals surface area contributed by atoms with Crippen LogP contribution in [0.1, 0.15) is 15.2 Å². The van der Waals surface area contributed by atoms with Gasteiger partial charge in [-0.15, -0.1) is 22.7 Å². The van der Waals surface area contributed by atoms with Gasteiger partial charge in [0.2, 0.25) is 0 Å². The number of fused-ring (bicyclic) bond motifs is 1. The predicted octanol–water partition coefficient (Wildman–Crippen LogP) is 4.80. The van der Waals surface area contributed by atoms with Gasteiger partial charge in [0.25, 0.3) is 10.0 Å². The second-order valence-corrected chi connectivity index (χ2v) is 10.6. The zero-order valence-electron chi connectivity index (χ0n) is 15.8. The molecule has 0 aliphatic carbocycles. The summed E-state index contributed by atoms with van der Waals surface area (Å²) in [6.45, 7) is 1.99. The van der Waals surface area contributed by atoms with Crippen LogP contribution in [0.2, 0.25) is 0 Å². The standard InChI is InChI=1S/C19H15N3O4S4/c1-11-9-28-17-15(11)20-10-21-18(17)29-13-6-4-3-5-12(13)22-30(24,25)14-7-8-27-16(14)19(23)26-2/h3-10,22H,1-2H3. The Morgan fingerprint density at radius 3 is 2.77 bits per heavy atom. The van der Waals surface area contributed by atoms with Gasteiger partial charge in [0, 0.05) is 4.90 Å². The lowest BCUT2D eigenvalue weighted by Crippen LogP contribution is -2.16. The molecule has 4 rings (SSSR count). The fourth-order valence-electron chi connectivity index (χ4n) is 2.72. The molecule has 4 aromatic rings. The smallest absolute Gasteiger partial charge is 0.349 e. The first kappa shape index (κ1) is 20.8. The number of nitrogens with zero attached hydrogens (tertiary/aromatic N) is 2. The molecule has 0 bridgehead atoms. The lowest BCUT2D eigenvalue weighted by Gasteiger charge is -2.12. The number of benzene rings is 1. The highest BCUT2D eigenvalue weighted by molar-refractivity contribution is 8.00. The van der Waals surface area contributed by atoms with E-state index in [-0.39, 0.29) is 9.77 Å². The molecule has 0 radical (unpaired) electrons. The molecule has 0 saturated carbocycles. The number of thiophene rings is 2. The fourth-order valence-corrected chi connectivity index (χ4v) is 7.22. The molecule has 0 aliphatic rings. The van der Waals surface area contributed by atoms with Crippen LogP contribution in [-0.4, -0.2) is 31.5 Å². The Balaban J connectivity index is 1.69. The second-order valence-electron chi connectivity index (χ2n) is 6.08. The Bertz CT molecular complexity index is 1340. The number of para-hydroxylation sites is 1. The molecule has 3 aromatic heterocycles. The molecule has 154 valence electrons. The average Bonchev–Trinajstić information content (AvgIpc) is 3.37. The van der Waals surface area contributed by atoms with Gasteiger partial charge in [0.1, 0.15) is 21.1 Å². The molecular weight excluding hydrogens is 462 g/mol. The van der Waals surface area contributed by atoms with Crippen molar-refractivity contribution in [3.05, 3.63) is 57.9 Å². The molecule has 0 atom stereocenters. The monoisotopic (exact) mass is 477 g/mol. The van der Waals surface area contributed by atoms with Crippen molar-refractivity contribution >= 4 is 66.3 Å². The minimum Gasteiger partial charge on any atom is -0.465 e. The predicted molar refractivity (Wildman–Crippen MR) is 119 cm³/mol. The highest BCUT2D eigenvalue weighted by atomic mass is 32.2. The summed E-state index contributed by atoms with van der Waals surface area (Å²) in [7, 11) is -2.78. The van der Waals surface area contributed by atoms with Crippen molar-refractivity contribution in [2.75, 3.05) is 11.8 Å².